The first kappa shape index (κ1) is 30.8. The van der Waals surface area contributed by atoms with Crippen LogP contribution in [-0.2, 0) is 26.0 Å². The van der Waals surface area contributed by atoms with Crippen molar-refractivity contribution >= 4 is 35.8 Å². The van der Waals surface area contributed by atoms with Crippen molar-refractivity contribution in [2.75, 3.05) is 59.5 Å². The van der Waals surface area contributed by atoms with Crippen molar-refractivity contribution in [2.45, 2.75) is 22.9 Å². The zero-order chi connectivity index (χ0) is 28.1. The molecule has 0 saturated carbocycles. The van der Waals surface area contributed by atoms with Gasteiger partial charge in [-0.3, -0.25) is 4.79 Å². The summed E-state index contributed by atoms with van der Waals surface area (Å²) >= 11 is 1.37. The minimum absolute atomic E-state index is 0. The summed E-state index contributed by atoms with van der Waals surface area (Å²) < 4.78 is 23.6. The number of methoxy groups -OCH3 is 2. The van der Waals surface area contributed by atoms with Crippen LogP contribution in [-0.4, -0.2) is 65.4 Å². The van der Waals surface area contributed by atoms with E-state index in [1.165, 1.54) is 11.8 Å². The zero-order valence-electron chi connectivity index (χ0n) is 23.6. The predicted octanol–water partition coefficient (Wildman–Crippen LogP) is 5.29. The molecule has 0 spiro atoms. The van der Waals surface area contributed by atoms with Crippen LogP contribution >= 0.6 is 24.2 Å². The molecule has 5 rings (SSSR count). The SMILES string of the molecule is COc1ccc(OCCCN(C)CCOc2ccc3c(c2)OOC3)c(C2(OC)Sc3ccccc3N(C)C2=O)c1.Cl. The summed E-state index contributed by atoms with van der Waals surface area (Å²) in [6.45, 7) is 3.05. The Balaban J connectivity index is 0.00000387. The monoisotopic (exact) mass is 602 g/mol. The number of nitrogens with zero attached hydrogens (tertiary/aromatic N) is 2. The minimum atomic E-state index is -1.31. The number of fused-ring (bicyclic) bond motifs is 2. The zero-order valence-corrected chi connectivity index (χ0v) is 25.2. The largest absolute Gasteiger partial charge is 0.497 e. The normalized spacial score (nSPS) is 17.4. The Labute approximate surface area is 250 Å². The van der Waals surface area contributed by atoms with Gasteiger partial charge in [0.1, 0.15) is 30.5 Å². The molecule has 0 fully saturated rings. The Hall–Kier alpha value is -3.15. The van der Waals surface area contributed by atoms with E-state index < -0.39 is 4.93 Å². The molecule has 2 aliphatic heterocycles. The third-order valence-electron chi connectivity index (χ3n) is 6.98. The van der Waals surface area contributed by atoms with Crippen molar-refractivity contribution in [3.63, 3.8) is 0 Å². The van der Waals surface area contributed by atoms with E-state index in [0.29, 0.717) is 42.6 Å². The van der Waals surface area contributed by atoms with E-state index in [-0.39, 0.29) is 18.3 Å². The average molecular weight is 603 g/mol. The second-order valence-corrected chi connectivity index (χ2v) is 10.8. The standard InChI is InChI=1S/C30H34N2O7S.ClH/c1-31(15-17-36-23-11-10-21-20-38-39-27(21)19-23)14-7-16-37-26-13-12-22(34-3)18-24(26)30(35-4)29(33)32(2)25-8-5-6-9-28(25)40-30;/h5-6,8-13,18-19H,7,14-17,20H2,1-4H3;1H. The van der Waals surface area contributed by atoms with Crippen molar-refractivity contribution < 1.29 is 33.5 Å². The number of anilines is 1. The lowest BCUT2D eigenvalue weighted by Crippen LogP contribution is -2.47. The van der Waals surface area contributed by atoms with Gasteiger partial charge in [0, 0.05) is 49.3 Å². The molecule has 3 aromatic carbocycles. The topological polar surface area (TPSA) is 78.9 Å². The molecule has 3 aromatic rings. The van der Waals surface area contributed by atoms with Crippen LogP contribution in [0.5, 0.6) is 23.0 Å². The van der Waals surface area contributed by atoms with Gasteiger partial charge in [-0.2, -0.15) is 4.89 Å². The van der Waals surface area contributed by atoms with Gasteiger partial charge in [-0.1, -0.05) is 23.9 Å². The number of para-hydroxylation sites is 1. The molecule has 41 heavy (non-hydrogen) atoms. The number of thioether (sulfide) groups is 1. The summed E-state index contributed by atoms with van der Waals surface area (Å²) in [5.41, 5.74) is 2.49. The number of benzene rings is 3. The summed E-state index contributed by atoms with van der Waals surface area (Å²) in [4.78, 5) is 27.3. The van der Waals surface area contributed by atoms with E-state index in [0.717, 1.165) is 41.4 Å². The first-order chi connectivity index (χ1) is 19.4. The van der Waals surface area contributed by atoms with Crippen molar-refractivity contribution in [3.05, 3.63) is 71.8 Å². The second-order valence-electron chi connectivity index (χ2n) is 9.59. The molecule has 0 N–H and O–H groups in total. The highest BCUT2D eigenvalue weighted by atomic mass is 35.5. The summed E-state index contributed by atoms with van der Waals surface area (Å²) in [7, 11) is 6.97. The lowest BCUT2D eigenvalue weighted by molar-refractivity contribution is -0.194. The number of rotatable bonds is 12. The Bertz CT molecular complexity index is 1360. The number of likely N-dealkylation sites (N-methyl/N-ethyl adjacent to an activating group) is 2. The summed E-state index contributed by atoms with van der Waals surface area (Å²) in [6.07, 6.45) is 0.788. The number of carbonyl (C=O) groups excluding carboxylic acids is 1. The molecule has 0 radical (unpaired) electrons. The fourth-order valence-electron chi connectivity index (χ4n) is 4.70. The van der Waals surface area contributed by atoms with Gasteiger partial charge < -0.3 is 33.6 Å². The molecule has 1 amide bonds. The second kappa shape index (κ2) is 13.7. The fourth-order valence-corrected chi connectivity index (χ4v) is 6.05. The maximum atomic E-state index is 13.7. The molecule has 0 saturated heterocycles. The van der Waals surface area contributed by atoms with Crippen LogP contribution in [0.1, 0.15) is 17.5 Å². The molecular formula is C30H35ClN2O7S. The van der Waals surface area contributed by atoms with Crippen LogP contribution in [0.4, 0.5) is 5.69 Å². The molecule has 0 aromatic heterocycles. The van der Waals surface area contributed by atoms with Gasteiger partial charge in [0.2, 0.25) is 4.93 Å². The summed E-state index contributed by atoms with van der Waals surface area (Å²) in [5.74, 6) is 2.49. The third-order valence-corrected chi connectivity index (χ3v) is 8.39. The smallest absolute Gasteiger partial charge is 0.274 e. The van der Waals surface area contributed by atoms with E-state index in [1.807, 2.05) is 67.7 Å². The molecule has 9 nitrogen and oxygen atoms in total. The lowest BCUT2D eigenvalue weighted by Gasteiger charge is -2.40. The fraction of sp³-hybridized carbons (Fsp3) is 0.367. The van der Waals surface area contributed by atoms with Crippen molar-refractivity contribution in [1.29, 1.82) is 0 Å². The van der Waals surface area contributed by atoms with Crippen LogP contribution in [0, 0.1) is 0 Å². The highest BCUT2D eigenvalue weighted by molar-refractivity contribution is 8.01. The molecule has 1 atom stereocenters. The molecule has 220 valence electrons. The average Bonchev–Trinajstić information content (AvgIpc) is 3.45. The Morgan fingerprint density at radius 3 is 2.61 bits per heavy atom. The van der Waals surface area contributed by atoms with Crippen LogP contribution in [0.15, 0.2) is 65.6 Å². The van der Waals surface area contributed by atoms with Crippen LogP contribution in [0.3, 0.4) is 0 Å². The van der Waals surface area contributed by atoms with E-state index in [2.05, 4.69) is 4.90 Å². The Morgan fingerprint density at radius 2 is 1.80 bits per heavy atom. The molecule has 0 aliphatic carbocycles. The van der Waals surface area contributed by atoms with E-state index in [1.54, 1.807) is 26.2 Å². The number of amides is 1. The van der Waals surface area contributed by atoms with Crippen LogP contribution in [0.25, 0.3) is 0 Å². The third kappa shape index (κ3) is 6.52. The highest BCUT2D eigenvalue weighted by Gasteiger charge is 2.50. The molecule has 11 heteroatoms. The number of carbonyl (C=O) groups is 1. The van der Waals surface area contributed by atoms with Crippen LogP contribution < -0.4 is 24.0 Å². The summed E-state index contributed by atoms with van der Waals surface area (Å²) in [6, 6.07) is 19.0. The van der Waals surface area contributed by atoms with Crippen molar-refractivity contribution in [2.24, 2.45) is 0 Å². The number of hydrogen-bond donors (Lipinski definition) is 0. The van der Waals surface area contributed by atoms with E-state index >= 15 is 0 Å². The van der Waals surface area contributed by atoms with Gasteiger partial charge in [0.15, 0.2) is 5.75 Å². The Kier molecular flexibility index (Phi) is 10.3. The Morgan fingerprint density at radius 1 is 1.00 bits per heavy atom. The van der Waals surface area contributed by atoms with Gasteiger partial charge >= 0.3 is 0 Å². The predicted molar refractivity (Wildman–Crippen MR) is 160 cm³/mol. The first-order valence-electron chi connectivity index (χ1n) is 13.1. The first-order valence-corrected chi connectivity index (χ1v) is 13.9. The molecule has 2 heterocycles. The minimum Gasteiger partial charge on any atom is -0.497 e. The van der Waals surface area contributed by atoms with Gasteiger partial charge in [-0.25, -0.2) is 0 Å². The lowest BCUT2D eigenvalue weighted by atomic mass is 10.0. The quantitative estimate of drug-likeness (QED) is 0.203. The molecular weight excluding hydrogens is 568 g/mol. The molecule has 2 aliphatic rings. The maximum absolute atomic E-state index is 13.7. The molecule has 0 bridgehead atoms. The van der Waals surface area contributed by atoms with Gasteiger partial charge in [0.05, 0.1) is 19.4 Å². The van der Waals surface area contributed by atoms with E-state index in [4.69, 9.17) is 28.7 Å². The summed E-state index contributed by atoms with van der Waals surface area (Å²) in [5, 5.41) is 0. The van der Waals surface area contributed by atoms with Gasteiger partial charge in [0.25, 0.3) is 5.91 Å². The molecule has 1 unspecified atom stereocenters. The van der Waals surface area contributed by atoms with Crippen molar-refractivity contribution in [1.82, 2.24) is 4.90 Å². The maximum Gasteiger partial charge on any atom is 0.274 e. The highest BCUT2D eigenvalue weighted by Crippen LogP contribution is 2.53. The van der Waals surface area contributed by atoms with Gasteiger partial charge in [-0.15, -0.1) is 12.4 Å². The van der Waals surface area contributed by atoms with Crippen molar-refractivity contribution in [3.8, 4) is 23.0 Å². The number of halogens is 1. The van der Waals surface area contributed by atoms with E-state index in [9.17, 15) is 4.79 Å². The van der Waals surface area contributed by atoms with Gasteiger partial charge in [-0.05, 0) is 55.9 Å². The van der Waals surface area contributed by atoms with Crippen LogP contribution in [0.2, 0.25) is 0 Å². The number of hydrogen-bond acceptors (Lipinski definition) is 9. The number of ether oxygens (including phenoxy) is 4.